The van der Waals surface area contributed by atoms with E-state index in [-0.39, 0.29) is 5.41 Å². The van der Waals surface area contributed by atoms with E-state index in [2.05, 4.69) is 127 Å². The van der Waals surface area contributed by atoms with Crippen molar-refractivity contribution in [1.29, 1.82) is 0 Å². The van der Waals surface area contributed by atoms with Gasteiger partial charge in [-0.15, -0.1) is 0 Å². The number of hydrogen-bond acceptors (Lipinski definition) is 2. The van der Waals surface area contributed by atoms with Crippen LogP contribution in [0.3, 0.4) is 0 Å². The van der Waals surface area contributed by atoms with E-state index in [1.54, 1.807) is 11.3 Å². The van der Waals surface area contributed by atoms with Gasteiger partial charge in [0.25, 0.3) is 0 Å². The van der Waals surface area contributed by atoms with E-state index in [9.17, 15) is 0 Å². The van der Waals surface area contributed by atoms with Crippen LogP contribution in [0.2, 0.25) is 0 Å². The van der Waals surface area contributed by atoms with Gasteiger partial charge in [0.2, 0.25) is 0 Å². The van der Waals surface area contributed by atoms with Crippen LogP contribution in [0.1, 0.15) is 91.7 Å². The van der Waals surface area contributed by atoms with Gasteiger partial charge >= 0.3 is 0 Å². The topological polar surface area (TPSA) is 6.48 Å². The highest BCUT2D eigenvalue weighted by Crippen LogP contribution is 2.52. The number of anilines is 1. The molecule has 2 nitrogen and oxygen atoms in total. The van der Waals surface area contributed by atoms with Gasteiger partial charge in [0.05, 0.1) is 6.67 Å². The second-order valence-corrected chi connectivity index (χ2v) is 13.3. The average molecular weight is 509 g/mol. The molecule has 38 heavy (non-hydrogen) atoms. The molecular weight excluding hydrogens is 460 g/mol. The molecule has 1 aliphatic heterocycles. The number of nitrogens with zero attached hydrogens (tertiary/aromatic N) is 2. The highest BCUT2D eigenvalue weighted by molar-refractivity contribution is 5.97. The number of hydrogen-bond donors (Lipinski definition) is 0. The van der Waals surface area contributed by atoms with Crippen molar-refractivity contribution >= 4 is 16.5 Å². The Kier molecular flexibility index (Phi) is 7.14. The summed E-state index contributed by atoms with van der Waals surface area (Å²) in [6.07, 6.45) is 10.7. The fourth-order valence-electron chi connectivity index (χ4n) is 6.85. The maximum absolute atomic E-state index is 2.73. The highest BCUT2D eigenvalue weighted by atomic mass is 15.4. The van der Waals surface area contributed by atoms with Crippen molar-refractivity contribution in [2.45, 2.75) is 80.6 Å². The first kappa shape index (κ1) is 26.9. The molecule has 3 aliphatic rings. The molecule has 2 aromatic rings. The molecule has 0 radical (unpaired) electrons. The molecular formula is C36H48N2. The fraction of sp³-hybridized carbons (Fsp3) is 0.500. The number of benzene rings is 2. The van der Waals surface area contributed by atoms with Crippen molar-refractivity contribution in [2.75, 3.05) is 24.7 Å². The Bertz CT molecular complexity index is 1340. The van der Waals surface area contributed by atoms with Gasteiger partial charge in [-0.25, -0.2) is 0 Å². The Balaban J connectivity index is 1.59. The quantitative estimate of drug-likeness (QED) is 0.383. The van der Waals surface area contributed by atoms with Gasteiger partial charge in [-0.2, -0.15) is 0 Å². The number of fused-ring (bicyclic) bond motifs is 2. The minimum atomic E-state index is 0.0309. The van der Waals surface area contributed by atoms with E-state index in [1.807, 2.05) is 0 Å². The lowest BCUT2D eigenvalue weighted by atomic mass is 9.65. The van der Waals surface area contributed by atoms with E-state index in [0.29, 0.717) is 23.7 Å². The molecule has 0 amide bonds. The minimum Gasteiger partial charge on any atom is -0.354 e. The molecule has 0 N–H and O–H groups in total. The molecule has 0 bridgehead atoms. The first-order valence-corrected chi connectivity index (χ1v) is 14.9. The van der Waals surface area contributed by atoms with Crippen molar-refractivity contribution in [2.24, 2.45) is 17.3 Å². The zero-order chi connectivity index (χ0) is 27.4. The molecule has 2 heteroatoms. The average Bonchev–Trinajstić information content (AvgIpc) is 3.34. The summed E-state index contributed by atoms with van der Waals surface area (Å²) in [5.41, 5.74) is 10.5. The largest absolute Gasteiger partial charge is 0.354 e. The van der Waals surface area contributed by atoms with Crippen LogP contribution in [0.25, 0.3) is 10.8 Å². The second kappa shape index (κ2) is 10.1. The summed E-state index contributed by atoms with van der Waals surface area (Å²) in [5, 5.41) is 2.77. The molecule has 5 rings (SSSR count). The van der Waals surface area contributed by atoms with Crippen molar-refractivity contribution in [3.63, 3.8) is 0 Å². The second-order valence-electron chi connectivity index (χ2n) is 13.3. The van der Waals surface area contributed by atoms with Crippen LogP contribution < -0.4 is 4.90 Å². The number of rotatable bonds is 6. The molecule has 2 aromatic carbocycles. The van der Waals surface area contributed by atoms with Crippen LogP contribution in [0.5, 0.6) is 0 Å². The lowest BCUT2D eigenvalue weighted by Crippen LogP contribution is -2.39. The first-order valence-electron chi connectivity index (χ1n) is 14.9. The van der Waals surface area contributed by atoms with Crippen LogP contribution in [0, 0.1) is 17.3 Å². The molecule has 1 fully saturated rings. The first-order chi connectivity index (χ1) is 18.0. The molecule has 0 saturated carbocycles. The zero-order valence-corrected chi connectivity index (χ0v) is 25.2. The summed E-state index contributed by atoms with van der Waals surface area (Å²) in [7, 11) is 0. The fourth-order valence-corrected chi connectivity index (χ4v) is 6.85. The van der Waals surface area contributed by atoms with E-state index in [4.69, 9.17) is 0 Å². The monoisotopic (exact) mass is 508 g/mol. The molecule has 0 aromatic heterocycles. The molecule has 1 saturated heterocycles. The zero-order valence-electron chi connectivity index (χ0n) is 25.2. The normalized spacial score (nSPS) is 21.9. The van der Waals surface area contributed by atoms with Gasteiger partial charge in [-0.3, -0.25) is 0 Å². The summed E-state index contributed by atoms with van der Waals surface area (Å²) in [6.45, 7) is 24.3. The van der Waals surface area contributed by atoms with Crippen LogP contribution in [0.4, 0.5) is 5.69 Å². The standard InChI is InChI=1S/C36H48N2/c1-23(2)28-11-10-27-13-16-31(25(5)6)34(33(27)20-28)37-18-19-38(22-37)35-32(26(7)8)17-15-30-14-12-29(24(3)4)21-36(30,35)9/h10-17,20,23-26H,18-19,21-22H2,1-9H3. The van der Waals surface area contributed by atoms with Gasteiger partial charge in [-0.1, -0.05) is 110 Å². The van der Waals surface area contributed by atoms with E-state index in [1.165, 1.54) is 38.7 Å². The lowest BCUT2D eigenvalue weighted by Gasteiger charge is -2.45. The van der Waals surface area contributed by atoms with Crippen LogP contribution in [-0.2, 0) is 0 Å². The Labute approximate surface area is 231 Å². The smallest absolute Gasteiger partial charge is 0.0902 e. The van der Waals surface area contributed by atoms with Gasteiger partial charge in [0.15, 0.2) is 0 Å². The molecule has 2 aliphatic carbocycles. The van der Waals surface area contributed by atoms with E-state index in [0.717, 1.165) is 26.2 Å². The SMILES string of the molecule is CC(C)C1=CC=C2C=CC(C(C)C)=C(N3CCN(c4c(C(C)C)ccc5ccc(C(C)C)cc45)C3)C2(C)C1. The van der Waals surface area contributed by atoms with E-state index >= 15 is 0 Å². The van der Waals surface area contributed by atoms with Crippen LogP contribution in [-0.4, -0.2) is 24.7 Å². The predicted octanol–water partition coefficient (Wildman–Crippen LogP) is 9.56. The van der Waals surface area contributed by atoms with Crippen molar-refractivity contribution < 1.29 is 0 Å². The predicted molar refractivity (Wildman–Crippen MR) is 166 cm³/mol. The third-order valence-corrected chi connectivity index (χ3v) is 9.22. The molecule has 1 heterocycles. The summed E-state index contributed by atoms with van der Waals surface area (Å²) >= 11 is 0. The summed E-state index contributed by atoms with van der Waals surface area (Å²) in [6, 6.07) is 11.8. The maximum atomic E-state index is 2.73. The molecule has 1 unspecified atom stereocenters. The van der Waals surface area contributed by atoms with Gasteiger partial charge in [0, 0.05) is 35.3 Å². The Morgan fingerprint density at radius 1 is 0.737 bits per heavy atom. The third kappa shape index (κ3) is 4.55. The molecule has 0 spiro atoms. The summed E-state index contributed by atoms with van der Waals surface area (Å²) < 4.78 is 0. The number of allylic oxidation sites excluding steroid dienone is 7. The van der Waals surface area contributed by atoms with E-state index < -0.39 is 0 Å². The van der Waals surface area contributed by atoms with Gasteiger partial charge in [-0.05, 0) is 70.7 Å². The van der Waals surface area contributed by atoms with Crippen molar-refractivity contribution in [3.8, 4) is 0 Å². The van der Waals surface area contributed by atoms with Crippen LogP contribution in [0.15, 0.2) is 77.1 Å². The third-order valence-electron chi connectivity index (χ3n) is 9.22. The molecule has 202 valence electrons. The maximum Gasteiger partial charge on any atom is 0.0902 e. The van der Waals surface area contributed by atoms with Crippen LogP contribution >= 0.6 is 0 Å². The van der Waals surface area contributed by atoms with Gasteiger partial charge in [0.1, 0.15) is 0 Å². The molecule has 1 atom stereocenters. The Morgan fingerprint density at radius 2 is 1.45 bits per heavy atom. The lowest BCUT2D eigenvalue weighted by molar-refractivity contribution is 0.294. The highest BCUT2D eigenvalue weighted by Gasteiger charge is 2.43. The minimum absolute atomic E-state index is 0.0309. The Morgan fingerprint density at radius 3 is 2.11 bits per heavy atom. The van der Waals surface area contributed by atoms with Gasteiger partial charge < -0.3 is 9.80 Å². The van der Waals surface area contributed by atoms with Crippen molar-refractivity contribution in [3.05, 3.63) is 88.2 Å². The Hall–Kier alpha value is -2.74. The summed E-state index contributed by atoms with van der Waals surface area (Å²) in [4.78, 5) is 5.41. The summed E-state index contributed by atoms with van der Waals surface area (Å²) in [5.74, 6) is 2.09. The van der Waals surface area contributed by atoms with Crippen molar-refractivity contribution in [1.82, 2.24) is 4.90 Å².